The van der Waals surface area contributed by atoms with E-state index in [0.717, 1.165) is 18.0 Å². The molecule has 0 saturated carbocycles. The molecule has 0 aromatic carbocycles. The number of rotatable bonds is 4. The van der Waals surface area contributed by atoms with Crippen molar-refractivity contribution in [3.8, 4) is 0 Å². The Hall–Kier alpha value is -1.80. The molecular formula is C12H11F3N4S. The molecule has 0 aliphatic heterocycles. The molecule has 2 rings (SSSR count). The number of halogens is 3. The molecule has 2 aromatic heterocycles. The molecular weight excluding hydrogens is 289 g/mol. The molecule has 0 fully saturated rings. The number of pyridine rings is 2. The van der Waals surface area contributed by atoms with Crippen LogP contribution in [0.25, 0.3) is 0 Å². The standard InChI is InChI=1S/C12H11F3N4S/c13-12(14,15)8-4-5-11(17-6-8)20-7-9-2-1-3-10(18-9)19-16/h1-6H,7,16H2,(H,18,19). The van der Waals surface area contributed by atoms with Crippen LogP contribution in [0.4, 0.5) is 19.0 Å². The van der Waals surface area contributed by atoms with Crippen LogP contribution in [0.2, 0.25) is 0 Å². The van der Waals surface area contributed by atoms with Gasteiger partial charge in [0, 0.05) is 11.9 Å². The fraction of sp³-hybridized carbons (Fsp3) is 0.167. The second-order valence-corrected chi connectivity index (χ2v) is 4.83. The Balaban J connectivity index is 2.00. The number of thioether (sulfide) groups is 1. The quantitative estimate of drug-likeness (QED) is 0.516. The minimum absolute atomic E-state index is 0.494. The minimum atomic E-state index is -4.36. The summed E-state index contributed by atoms with van der Waals surface area (Å²) in [5, 5.41) is 0.505. The summed E-state index contributed by atoms with van der Waals surface area (Å²) in [6.07, 6.45) is -3.54. The summed E-state index contributed by atoms with van der Waals surface area (Å²) in [5.74, 6) is 6.27. The van der Waals surface area contributed by atoms with Gasteiger partial charge in [-0.1, -0.05) is 6.07 Å². The van der Waals surface area contributed by atoms with Crippen LogP contribution < -0.4 is 11.3 Å². The third-order valence-electron chi connectivity index (χ3n) is 2.39. The summed E-state index contributed by atoms with van der Waals surface area (Å²) < 4.78 is 37.1. The maximum Gasteiger partial charge on any atom is 0.417 e. The van der Waals surface area contributed by atoms with Gasteiger partial charge in [0.2, 0.25) is 0 Å². The van der Waals surface area contributed by atoms with Crippen molar-refractivity contribution in [1.82, 2.24) is 9.97 Å². The molecule has 106 valence electrons. The van der Waals surface area contributed by atoms with Gasteiger partial charge in [-0.15, -0.1) is 11.8 Å². The first-order valence-electron chi connectivity index (χ1n) is 5.57. The summed E-state index contributed by atoms with van der Waals surface area (Å²) in [6.45, 7) is 0. The summed E-state index contributed by atoms with van der Waals surface area (Å²) in [7, 11) is 0. The van der Waals surface area contributed by atoms with Gasteiger partial charge in [0.15, 0.2) is 0 Å². The Morgan fingerprint density at radius 3 is 2.60 bits per heavy atom. The predicted octanol–water partition coefficient (Wildman–Crippen LogP) is 3.07. The number of hydrazine groups is 1. The first-order chi connectivity index (χ1) is 9.49. The molecule has 0 spiro atoms. The molecule has 2 aromatic rings. The molecule has 20 heavy (non-hydrogen) atoms. The number of nitrogens with zero attached hydrogens (tertiary/aromatic N) is 2. The van der Waals surface area contributed by atoms with Crippen molar-refractivity contribution in [2.45, 2.75) is 17.0 Å². The van der Waals surface area contributed by atoms with E-state index in [1.807, 2.05) is 0 Å². The van der Waals surface area contributed by atoms with Crippen molar-refractivity contribution in [2.24, 2.45) is 5.84 Å². The molecule has 0 atom stereocenters. The SMILES string of the molecule is NNc1cccc(CSc2ccc(C(F)(F)F)cn2)n1. The molecule has 0 bridgehead atoms. The number of nitrogen functional groups attached to an aromatic ring is 1. The Morgan fingerprint density at radius 1 is 1.20 bits per heavy atom. The molecule has 0 unspecified atom stereocenters. The van der Waals surface area contributed by atoms with Gasteiger partial charge in [-0.2, -0.15) is 13.2 Å². The highest BCUT2D eigenvalue weighted by atomic mass is 32.2. The number of aromatic nitrogens is 2. The third kappa shape index (κ3) is 3.84. The van der Waals surface area contributed by atoms with Crippen molar-refractivity contribution in [3.63, 3.8) is 0 Å². The van der Waals surface area contributed by atoms with Gasteiger partial charge in [0.25, 0.3) is 0 Å². The number of nitrogens with two attached hydrogens (primary N) is 1. The van der Waals surface area contributed by atoms with Crippen LogP contribution in [0.5, 0.6) is 0 Å². The highest BCUT2D eigenvalue weighted by Gasteiger charge is 2.30. The van der Waals surface area contributed by atoms with E-state index in [1.54, 1.807) is 18.2 Å². The molecule has 0 saturated heterocycles. The molecule has 0 amide bonds. The van der Waals surface area contributed by atoms with E-state index in [0.29, 0.717) is 16.6 Å². The van der Waals surface area contributed by atoms with Crippen LogP contribution in [0.3, 0.4) is 0 Å². The molecule has 8 heteroatoms. The lowest BCUT2D eigenvalue weighted by molar-refractivity contribution is -0.137. The van der Waals surface area contributed by atoms with Gasteiger partial charge in [-0.05, 0) is 24.3 Å². The predicted molar refractivity (Wildman–Crippen MR) is 70.8 cm³/mol. The van der Waals surface area contributed by atoms with Crippen molar-refractivity contribution < 1.29 is 13.2 Å². The Labute approximate surface area is 117 Å². The van der Waals surface area contributed by atoms with E-state index in [1.165, 1.54) is 17.8 Å². The van der Waals surface area contributed by atoms with E-state index in [4.69, 9.17) is 5.84 Å². The van der Waals surface area contributed by atoms with E-state index in [9.17, 15) is 13.2 Å². The third-order valence-corrected chi connectivity index (χ3v) is 3.36. The monoisotopic (exact) mass is 300 g/mol. The Bertz CT molecular complexity index is 572. The summed E-state index contributed by atoms with van der Waals surface area (Å²) in [5.41, 5.74) is 2.43. The molecule has 4 nitrogen and oxygen atoms in total. The summed E-state index contributed by atoms with van der Waals surface area (Å²) >= 11 is 1.30. The first-order valence-corrected chi connectivity index (χ1v) is 6.56. The Kier molecular flexibility index (Phi) is 4.46. The lowest BCUT2D eigenvalue weighted by atomic mass is 10.3. The van der Waals surface area contributed by atoms with Crippen LogP contribution >= 0.6 is 11.8 Å². The van der Waals surface area contributed by atoms with Crippen molar-refractivity contribution in [2.75, 3.05) is 5.43 Å². The first kappa shape index (κ1) is 14.6. The van der Waals surface area contributed by atoms with Crippen LogP contribution in [0.1, 0.15) is 11.3 Å². The normalized spacial score (nSPS) is 11.4. The van der Waals surface area contributed by atoms with Gasteiger partial charge in [0.05, 0.1) is 16.3 Å². The lowest BCUT2D eigenvalue weighted by Crippen LogP contribution is -2.08. The van der Waals surface area contributed by atoms with Gasteiger partial charge in [-0.25, -0.2) is 15.8 Å². The van der Waals surface area contributed by atoms with Crippen molar-refractivity contribution >= 4 is 17.6 Å². The van der Waals surface area contributed by atoms with Crippen LogP contribution in [-0.2, 0) is 11.9 Å². The highest BCUT2D eigenvalue weighted by molar-refractivity contribution is 7.98. The zero-order valence-corrected chi connectivity index (χ0v) is 11.0. The molecule has 0 aliphatic rings. The van der Waals surface area contributed by atoms with E-state index in [-0.39, 0.29) is 0 Å². The van der Waals surface area contributed by atoms with E-state index < -0.39 is 11.7 Å². The maximum absolute atomic E-state index is 12.4. The van der Waals surface area contributed by atoms with Crippen LogP contribution in [-0.4, -0.2) is 9.97 Å². The van der Waals surface area contributed by atoms with E-state index >= 15 is 0 Å². The van der Waals surface area contributed by atoms with Gasteiger partial charge >= 0.3 is 6.18 Å². The fourth-order valence-corrected chi connectivity index (χ4v) is 2.17. The number of nitrogens with one attached hydrogen (secondary N) is 1. The zero-order chi connectivity index (χ0) is 14.6. The second-order valence-electron chi connectivity index (χ2n) is 3.83. The smallest absolute Gasteiger partial charge is 0.308 e. The average Bonchev–Trinajstić information content (AvgIpc) is 2.45. The van der Waals surface area contributed by atoms with Crippen LogP contribution in [0, 0.1) is 0 Å². The maximum atomic E-state index is 12.4. The largest absolute Gasteiger partial charge is 0.417 e. The topological polar surface area (TPSA) is 63.8 Å². The van der Waals surface area contributed by atoms with E-state index in [2.05, 4.69) is 15.4 Å². The number of hydrogen-bond donors (Lipinski definition) is 2. The minimum Gasteiger partial charge on any atom is -0.308 e. The van der Waals surface area contributed by atoms with Gasteiger partial charge < -0.3 is 5.43 Å². The molecule has 3 N–H and O–H groups in total. The van der Waals surface area contributed by atoms with Crippen LogP contribution in [0.15, 0.2) is 41.6 Å². The summed E-state index contributed by atoms with van der Waals surface area (Å²) in [4.78, 5) is 7.98. The van der Waals surface area contributed by atoms with Crippen molar-refractivity contribution in [3.05, 3.63) is 47.8 Å². The van der Waals surface area contributed by atoms with Gasteiger partial charge in [0.1, 0.15) is 5.82 Å². The number of hydrogen-bond acceptors (Lipinski definition) is 5. The molecule has 0 aliphatic carbocycles. The summed E-state index contributed by atoms with van der Waals surface area (Å²) in [6, 6.07) is 7.67. The average molecular weight is 300 g/mol. The zero-order valence-electron chi connectivity index (χ0n) is 10.2. The lowest BCUT2D eigenvalue weighted by Gasteiger charge is -2.07. The molecule has 0 radical (unpaired) electrons. The highest BCUT2D eigenvalue weighted by Crippen LogP contribution is 2.30. The Morgan fingerprint density at radius 2 is 2.00 bits per heavy atom. The number of anilines is 1. The van der Waals surface area contributed by atoms with Gasteiger partial charge in [-0.3, -0.25) is 0 Å². The fourth-order valence-electron chi connectivity index (χ4n) is 1.42. The second kappa shape index (κ2) is 6.10. The number of alkyl halides is 3. The van der Waals surface area contributed by atoms with Crippen molar-refractivity contribution in [1.29, 1.82) is 0 Å². The molecule has 2 heterocycles.